The molecule has 0 aromatic heterocycles. The molecule has 134 valence electrons. The van der Waals surface area contributed by atoms with Gasteiger partial charge in [0.05, 0.1) is 18.4 Å². The van der Waals surface area contributed by atoms with E-state index in [9.17, 15) is 4.79 Å². The molecule has 1 aliphatic rings. The van der Waals surface area contributed by atoms with E-state index in [2.05, 4.69) is 15.5 Å². The maximum Gasteiger partial charge on any atom is 0.335 e. The fraction of sp³-hybridized carbons (Fsp3) is 0.176. The summed E-state index contributed by atoms with van der Waals surface area (Å²) in [6.07, 6.45) is -0.409. The Bertz CT molecular complexity index is 866. The van der Waals surface area contributed by atoms with Gasteiger partial charge in [-0.05, 0) is 23.8 Å². The number of carboxylic acids is 1. The Balaban J connectivity index is 1.70. The second-order valence-electron chi connectivity index (χ2n) is 5.53. The predicted molar refractivity (Wildman–Crippen MR) is 93.5 cm³/mol. The van der Waals surface area contributed by atoms with Crippen molar-refractivity contribution in [2.75, 3.05) is 12.4 Å². The molecule has 26 heavy (non-hydrogen) atoms. The lowest BCUT2D eigenvalue weighted by atomic mass is 10.1. The van der Waals surface area contributed by atoms with E-state index in [0.29, 0.717) is 17.0 Å². The second kappa shape index (κ2) is 7.19. The number of nitrogens with zero attached hydrogens (tertiary/aromatic N) is 2. The number of rotatable bonds is 6. The lowest BCUT2D eigenvalue weighted by Crippen LogP contribution is -2.07. The highest BCUT2D eigenvalue weighted by Crippen LogP contribution is 2.40. The van der Waals surface area contributed by atoms with Crippen LogP contribution in [0.2, 0.25) is 0 Å². The van der Waals surface area contributed by atoms with Crippen molar-refractivity contribution >= 4 is 17.5 Å². The van der Waals surface area contributed by atoms with Crippen LogP contribution in [0.4, 0.5) is 5.69 Å². The molecule has 0 radical (unpaired) electrons. The average Bonchev–Trinajstić information content (AvgIpc) is 3.42. The second-order valence-corrected chi connectivity index (χ2v) is 5.53. The van der Waals surface area contributed by atoms with Crippen LogP contribution in [0.1, 0.15) is 27.6 Å². The van der Waals surface area contributed by atoms with Crippen LogP contribution in [0.15, 0.2) is 52.7 Å². The normalized spacial score (nSPS) is 18.9. The SMILES string of the molecule is COc1cc(C(=O)O)ccc1NC1OC1c1ccc(/C(N=N)=N/N)cc1. The molecule has 1 saturated heterocycles. The van der Waals surface area contributed by atoms with E-state index in [4.69, 9.17) is 26.0 Å². The Hall–Kier alpha value is -3.46. The van der Waals surface area contributed by atoms with Crippen LogP contribution in [0.25, 0.3) is 0 Å². The quantitative estimate of drug-likeness (QED) is 0.156. The molecule has 0 saturated carbocycles. The van der Waals surface area contributed by atoms with E-state index in [1.54, 1.807) is 18.2 Å². The molecule has 2 aromatic carbocycles. The summed E-state index contributed by atoms with van der Waals surface area (Å²) >= 11 is 0. The van der Waals surface area contributed by atoms with Crippen molar-refractivity contribution < 1.29 is 19.4 Å². The van der Waals surface area contributed by atoms with Crippen molar-refractivity contribution in [1.82, 2.24) is 0 Å². The maximum absolute atomic E-state index is 11.0. The van der Waals surface area contributed by atoms with E-state index in [1.165, 1.54) is 19.2 Å². The summed E-state index contributed by atoms with van der Waals surface area (Å²) in [5, 5.41) is 18.9. The van der Waals surface area contributed by atoms with Gasteiger partial charge in [0.2, 0.25) is 0 Å². The first-order valence-corrected chi connectivity index (χ1v) is 7.66. The fourth-order valence-electron chi connectivity index (χ4n) is 2.56. The number of hydrogen-bond acceptors (Lipinski definition) is 7. The third-order valence-corrected chi connectivity index (χ3v) is 3.96. The molecule has 2 atom stereocenters. The van der Waals surface area contributed by atoms with Gasteiger partial charge in [0.1, 0.15) is 11.9 Å². The number of ether oxygens (including phenoxy) is 2. The minimum atomic E-state index is -1.02. The number of hydrazone groups is 1. The average molecular weight is 355 g/mol. The third-order valence-electron chi connectivity index (χ3n) is 3.96. The first-order chi connectivity index (χ1) is 12.6. The molecule has 0 aliphatic carbocycles. The lowest BCUT2D eigenvalue weighted by molar-refractivity contribution is 0.0696. The summed E-state index contributed by atoms with van der Waals surface area (Å²) < 4.78 is 10.9. The largest absolute Gasteiger partial charge is 0.495 e. The van der Waals surface area contributed by atoms with Crippen LogP contribution in [0.5, 0.6) is 5.75 Å². The van der Waals surface area contributed by atoms with E-state index in [0.717, 1.165) is 5.56 Å². The van der Waals surface area contributed by atoms with Crippen molar-refractivity contribution in [3.63, 3.8) is 0 Å². The molecule has 9 nitrogen and oxygen atoms in total. The molecule has 0 spiro atoms. The van der Waals surface area contributed by atoms with Gasteiger partial charge in [0.25, 0.3) is 0 Å². The highest BCUT2D eigenvalue weighted by atomic mass is 16.6. The van der Waals surface area contributed by atoms with Gasteiger partial charge < -0.3 is 25.7 Å². The van der Waals surface area contributed by atoms with Crippen molar-refractivity contribution in [3.05, 3.63) is 59.2 Å². The molecular weight excluding hydrogens is 338 g/mol. The van der Waals surface area contributed by atoms with Gasteiger partial charge in [-0.3, -0.25) is 0 Å². The molecule has 9 heteroatoms. The number of hydrogen-bond donors (Lipinski definition) is 4. The van der Waals surface area contributed by atoms with Crippen molar-refractivity contribution in [2.24, 2.45) is 16.1 Å². The molecule has 3 rings (SSSR count). The Morgan fingerprint density at radius 1 is 1.27 bits per heavy atom. The summed E-state index contributed by atoms with van der Waals surface area (Å²) in [6, 6.07) is 11.8. The number of carboxylic acid groups (broad SMARTS) is 1. The number of carbonyl (C=O) groups is 1. The molecule has 5 N–H and O–H groups in total. The fourth-order valence-corrected chi connectivity index (χ4v) is 2.56. The molecule has 0 bridgehead atoms. The number of epoxide rings is 1. The zero-order valence-corrected chi connectivity index (χ0v) is 13.8. The van der Waals surface area contributed by atoms with Gasteiger partial charge in [0.15, 0.2) is 12.1 Å². The molecule has 1 aliphatic heterocycles. The minimum Gasteiger partial charge on any atom is -0.495 e. The van der Waals surface area contributed by atoms with Gasteiger partial charge in [-0.1, -0.05) is 24.3 Å². The van der Waals surface area contributed by atoms with Gasteiger partial charge in [-0.25, -0.2) is 10.3 Å². The summed E-state index contributed by atoms with van der Waals surface area (Å²) in [5.74, 6) is 4.73. The third kappa shape index (κ3) is 3.47. The van der Waals surface area contributed by atoms with Crippen LogP contribution >= 0.6 is 0 Å². The van der Waals surface area contributed by atoms with E-state index in [-0.39, 0.29) is 23.7 Å². The molecule has 0 amide bonds. The number of benzene rings is 2. The van der Waals surface area contributed by atoms with Crippen LogP contribution in [0.3, 0.4) is 0 Å². The molecular formula is C17H17N5O4. The van der Waals surface area contributed by atoms with Crippen LogP contribution in [-0.4, -0.2) is 30.2 Å². The van der Waals surface area contributed by atoms with Crippen LogP contribution in [0, 0.1) is 5.53 Å². The summed E-state index contributed by atoms with van der Waals surface area (Å²) in [7, 11) is 1.48. The zero-order valence-electron chi connectivity index (χ0n) is 13.8. The van der Waals surface area contributed by atoms with E-state index < -0.39 is 5.97 Å². The number of aromatic carboxylic acids is 1. The van der Waals surface area contributed by atoms with Gasteiger partial charge in [-0.15, -0.1) is 5.11 Å². The Morgan fingerprint density at radius 3 is 2.54 bits per heavy atom. The number of nitrogens with two attached hydrogens (primary N) is 1. The van der Waals surface area contributed by atoms with E-state index >= 15 is 0 Å². The summed E-state index contributed by atoms with van der Waals surface area (Å²) in [5.41, 5.74) is 9.39. The van der Waals surface area contributed by atoms with Crippen LogP contribution < -0.4 is 15.9 Å². The van der Waals surface area contributed by atoms with Gasteiger partial charge in [0, 0.05) is 5.56 Å². The molecule has 1 heterocycles. The topological polar surface area (TPSA) is 146 Å². The molecule has 2 aromatic rings. The smallest absolute Gasteiger partial charge is 0.335 e. The van der Waals surface area contributed by atoms with E-state index in [1.807, 2.05) is 12.1 Å². The Morgan fingerprint density at radius 2 is 1.96 bits per heavy atom. The van der Waals surface area contributed by atoms with Gasteiger partial charge in [-0.2, -0.15) is 5.10 Å². The van der Waals surface area contributed by atoms with Crippen molar-refractivity contribution in [1.29, 1.82) is 5.53 Å². The van der Waals surface area contributed by atoms with Crippen LogP contribution in [-0.2, 0) is 4.74 Å². The molecule has 2 unspecified atom stereocenters. The predicted octanol–water partition coefficient (Wildman–Crippen LogP) is 2.55. The first kappa shape index (κ1) is 17.4. The number of amidine groups is 1. The lowest BCUT2D eigenvalue weighted by Gasteiger charge is -2.10. The Labute approximate surface area is 148 Å². The molecule has 1 fully saturated rings. The standard InChI is InChI=1S/C17H17N5O4/c1-25-13-8-11(17(23)24)6-7-12(13)20-16-14(26-16)9-2-4-10(5-3-9)15(21-18)22-19/h2-8,14,16,18,20H,19H2,1H3,(H,23,24)/b21-18?,22-15-. The Kier molecular flexibility index (Phi) is 4.81. The zero-order chi connectivity index (χ0) is 18.7. The number of methoxy groups -OCH3 is 1. The highest BCUT2D eigenvalue weighted by molar-refractivity contribution is 5.98. The summed E-state index contributed by atoms with van der Waals surface area (Å²) in [4.78, 5) is 11.0. The number of nitrogens with one attached hydrogen (secondary N) is 2. The van der Waals surface area contributed by atoms with Crippen molar-refractivity contribution in [3.8, 4) is 5.75 Å². The van der Waals surface area contributed by atoms with Gasteiger partial charge >= 0.3 is 5.97 Å². The number of anilines is 1. The van der Waals surface area contributed by atoms with Crippen molar-refractivity contribution in [2.45, 2.75) is 12.3 Å². The highest BCUT2D eigenvalue weighted by Gasteiger charge is 2.40. The monoisotopic (exact) mass is 355 g/mol. The maximum atomic E-state index is 11.0. The summed E-state index contributed by atoms with van der Waals surface area (Å²) in [6.45, 7) is 0. The first-order valence-electron chi connectivity index (χ1n) is 7.66. The minimum absolute atomic E-state index is 0.145.